The van der Waals surface area contributed by atoms with Gasteiger partial charge in [-0.2, -0.15) is 0 Å². The number of ether oxygens (including phenoxy) is 2. The third-order valence-electron chi connectivity index (χ3n) is 4.54. The lowest BCUT2D eigenvalue weighted by Crippen LogP contribution is -2.14. The Morgan fingerprint density at radius 1 is 0.774 bits per heavy atom. The molecule has 7 nitrogen and oxygen atoms in total. The average molecular weight is 441 g/mol. The third-order valence-corrected chi connectivity index (χ3v) is 5.92. The molecule has 3 rings (SSSR count). The smallest absolute Gasteiger partial charge is 0.262 e. The monoisotopic (exact) mass is 440 g/mol. The van der Waals surface area contributed by atoms with Crippen molar-refractivity contribution in [1.82, 2.24) is 0 Å². The quantitative estimate of drug-likeness (QED) is 0.569. The van der Waals surface area contributed by atoms with Crippen molar-refractivity contribution in [3.05, 3.63) is 77.4 Å². The average Bonchev–Trinajstić information content (AvgIpc) is 2.72. The van der Waals surface area contributed by atoms with E-state index >= 15 is 0 Å². The Labute approximate surface area is 182 Å². The first-order chi connectivity index (χ1) is 14.7. The molecular weight excluding hydrogens is 416 g/mol. The van der Waals surface area contributed by atoms with Crippen molar-refractivity contribution < 1.29 is 22.7 Å². The van der Waals surface area contributed by atoms with E-state index in [0.29, 0.717) is 28.4 Å². The molecule has 3 aromatic carbocycles. The number of methoxy groups -OCH3 is 2. The van der Waals surface area contributed by atoms with Gasteiger partial charge < -0.3 is 14.8 Å². The number of hydrogen-bond donors (Lipinski definition) is 2. The summed E-state index contributed by atoms with van der Waals surface area (Å²) in [5.74, 6) is 0.462. The second kappa shape index (κ2) is 9.09. The first kappa shape index (κ1) is 22.2. The topological polar surface area (TPSA) is 93.7 Å². The van der Waals surface area contributed by atoms with E-state index < -0.39 is 10.0 Å². The Bertz CT molecular complexity index is 1180. The van der Waals surface area contributed by atoms with Crippen LogP contribution in [0.2, 0.25) is 0 Å². The fourth-order valence-corrected chi connectivity index (χ4v) is 4.21. The van der Waals surface area contributed by atoms with Crippen molar-refractivity contribution in [2.75, 3.05) is 24.3 Å². The Morgan fingerprint density at radius 2 is 1.39 bits per heavy atom. The van der Waals surface area contributed by atoms with Crippen molar-refractivity contribution >= 4 is 27.3 Å². The molecule has 31 heavy (non-hydrogen) atoms. The molecule has 0 saturated carbocycles. The maximum atomic E-state index is 12.7. The molecular formula is C23H24N2O5S. The van der Waals surface area contributed by atoms with E-state index in [0.717, 1.165) is 11.1 Å². The molecule has 0 heterocycles. The summed E-state index contributed by atoms with van der Waals surface area (Å²) in [4.78, 5) is 12.5. The highest BCUT2D eigenvalue weighted by Gasteiger charge is 2.17. The highest BCUT2D eigenvalue weighted by Crippen LogP contribution is 2.30. The van der Waals surface area contributed by atoms with Gasteiger partial charge in [0.15, 0.2) is 11.5 Å². The summed E-state index contributed by atoms with van der Waals surface area (Å²) >= 11 is 0. The summed E-state index contributed by atoms with van der Waals surface area (Å²) in [6.45, 7) is 3.92. The van der Waals surface area contributed by atoms with E-state index in [1.54, 1.807) is 12.1 Å². The highest BCUT2D eigenvalue weighted by atomic mass is 32.2. The minimum Gasteiger partial charge on any atom is -0.493 e. The maximum absolute atomic E-state index is 12.7. The number of carbonyl (C=O) groups is 1. The van der Waals surface area contributed by atoms with Gasteiger partial charge >= 0.3 is 0 Å². The maximum Gasteiger partial charge on any atom is 0.262 e. The molecule has 0 aliphatic heterocycles. The van der Waals surface area contributed by atoms with Gasteiger partial charge in [0.05, 0.1) is 19.1 Å². The van der Waals surface area contributed by atoms with Crippen molar-refractivity contribution in [2.24, 2.45) is 0 Å². The van der Waals surface area contributed by atoms with Crippen LogP contribution in [0, 0.1) is 13.8 Å². The number of nitrogens with one attached hydrogen (secondary N) is 2. The summed E-state index contributed by atoms with van der Waals surface area (Å²) in [5, 5.41) is 2.85. The normalized spacial score (nSPS) is 11.0. The van der Waals surface area contributed by atoms with Crippen LogP contribution < -0.4 is 19.5 Å². The number of anilines is 2. The molecule has 0 fully saturated rings. The van der Waals surface area contributed by atoms with Gasteiger partial charge in [0.1, 0.15) is 0 Å². The molecule has 1 amide bonds. The molecule has 0 saturated heterocycles. The second-order valence-corrected chi connectivity index (χ2v) is 8.71. The zero-order chi connectivity index (χ0) is 22.6. The van der Waals surface area contributed by atoms with E-state index in [9.17, 15) is 13.2 Å². The lowest BCUT2D eigenvalue weighted by atomic mass is 10.1. The molecule has 0 aliphatic rings. The number of sulfonamides is 1. The van der Waals surface area contributed by atoms with Gasteiger partial charge in [0, 0.05) is 23.0 Å². The predicted octanol–water partition coefficient (Wildman–Crippen LogP) is 4.37. The molecule has 2 N–H and O–H groups in total. The summed E-state index contributed by atoms with van der Waals surface area (Å²) in [7, 11) is -0.940. The predicted molar refractivity (Wildman–Crippen MR) is 121 cm³/mol. The number of carbonyl (C=O) groups excluding carboxylic acids is 1. The SMILES string of the molecule is COc1ccc(S(=O)(=O)Nc2ccc(C(=O)Nc3cc(C)cc(C)c3)cc2)cc1OC. The van der Waals surface area contributed by atoms with E-state index in [2.05, 4.69) is 10.0 Å². The summed E-state index contributed by atoms with van der Waals surface area (Å²) < 4.78 is 38.2. The van der Waals surface area contributed by atoms with Gasteiger partial charge in [0.25, 0.3) is 15.9 Å². The lowest BCUT2D eigenvalue weighted by Gasteiger charge is -2.12. The first-order valence-electron chi connectivity index (χ1n) is 9.46. The van der Waals surface area contributed by atoms with Crippen molar-refractivity contribution in [3.8, 4) is 11.5 Å². The largest absolute Gasteiger partial charge is 0.493 e. The zero-order valence-corrected chi connectivity index (χ0v) is 18.5. The highest BCUT2D eigenvalue weighted by molar-refractivity contribution is 7.92. The molecule has 0 spiro atoms. The van der Waals surface area contributed by atoms with E-state index in [4.69, 9.17) is 9.47 Å². The van der Waals surface area contributed by atoms with E-state index in [-0.39, 0.29) is 10.8 Å². The molecule has 162 valence electrons. The number of benzene rings is 3. The number of aryl methyl sites for hydroxylation is 2. The van der Waals surface area contributed by atoms with Crippen molar-refractivity contribution in [3.63, 3.8) is 0 Å². The van der Waals surface area contributed by atoms with Crippen LogP contribution in [0.5, 0.6) is 11.5 Å². The third kappa shape index (κ3) is 5.35. The molecule has 0 aliphatic carbocycles. The standard InChI is InChI=1S/C23H24N2O5S/c1-15-11-16(2)13-19(12-15)24-23(26)17-5-7-18(8-6-17)25-31(27,28)20-9-10-21(29-3)22(14-20)30-4/h5-14,25H,1-4H3,(H,24,26). The van der Waals surface area contributed by atoms with Crippen LogP contribution in [-0.4, -0.2) is 28.5 Å². The Hall–Kier alpha value is -3.52. The molecule has 0 unspecified atom stereocenters. The van der Waals surface area contributed by atoms with Crippen LogP contribution in [0.25, 0.3) is 0 Å². The Balaban J connectivity index is 1.74. The lowest BCUT2D eigenvalue weighted by molar-refractivity contribution is 0.102. The second-order valence-electron chi connectivity index (χ2n) is 7.03. The molecule has 0 atom stereocenters. The summed E-state index contributed by atoms with van der Waals surface area (Å²) in [5.41, 5.74) is 3.55. The zero-order valence-electron chi connectivity index (χ0n) is 17.7. The van der Waals surface area contributed by atoms with Crippen LogP contribution in [0.4, 0.5) is 11.4 Å². The fraction of sp³-hybridized carbons (Fsp3) is 0.174. The number of hydrogen-bond acceptors (Lipinski definition) is 5. The Kier molecular flexibility index (Phi) is 6.50. The van der Waals surface area contributed by atoms with Gasteiger partial charge in [-0.1, -0.05) is 6.07 Å². The molecule has 0 bridgehead atoms. The Morgan fingerprint density at radius 3 is 1.97 bits per heavy atom. The van der Waals surface area contributed by atoms with Crippen molar-refractivity contribution in [2.45, 2.75) is 18.7 Å². The van der Waals surface area contributed by atoms with Crippen LogP contribution in [0.15, 0.2) is 65.6 Å². The van der Waals surface area contributed by atoms with Gasteiger partial charge in [-0.25, -0.2) is 8.42 Å². The van der Waals surface area contributed by atoms with Crippen molar-refractivity contribution in [1.29, 1.82) is 0 Å². The molecule has 0 aromatic heterocycles. The van der Waals surface area contributed by atoms with Gasteiger partial charge in [-0.05, 0) is 73.5 Å². The van der Waals surface area contributed by atoms with Crippen LogP contribution in [-0.2, 0) is 10.0 Å². The first-order valence-corrected chi connectivity index (χ1v) is 10.9. The number of amides is 1. The van der Waals surface area contributed by atoms with Gasteiger partial charge in [-0.15, -0.1) is 0 Å². The summed E-state index contributed by atoms with van der Waals surface area (Å²) in [6, 6.07) is 16.3. The van der Waals surface area contributed by atoms with E-state index in [1.807, 2.05) is 32.0 Å². The molecule has 8 heteroatoms. The molecule has 3 aromatic rings. The van der Waals surface area contributed by atoms with Crippen LogP contribution in [0.1, 0.15) is 21.5 Å². The van der Waals surface area contributed by atoms with Gasteiger partial charge in [-0.3, -0.25) is 9.52 Å². The summed E-state index contributed by atoms with van der Waals surface area (Å²) in [6.07, 6.45) is 0. The number of rotatable bonds is 7. The van der Waals surface area contributed by atoms with Crippen LogP contribution >= 0.6 is 0 Å². The van der Waals surface area contributed by atoms with Crippen LogP contribution in [0.3, 0.4) is 0 Å². The minimum absolute atomic E-state index is 0.0294. The van der Waals surface area contributed by atoms with Gasteiger partial charge in [0.2, 0.25) is 0 Å². The fourth-order valence-electron chi connectivity index (χ4n) is 3.14. The van der Waals surface area contributed by atoms with E-state index in [1.165, 1.54) is 44.6 Å². The minimum atomic E-state index is -3.85. The molecule has 0 radical (unpaired) electrons.